The van der Waals surface area contributed by atoms with Crippen molar-refractivity contribution in [2.75, 3.05) is 10.6 Å². The van der Waals surface area contributed by atoms with Crippen molar-refractivity contribution in [2.45, 2.75) is 27.2 Å². The molecule has 0 spiro atoms. The Hall–Kier alpha value is -2.21. The van der Waals surface area contributed by atoms with Crippen molar-refractivity contribution < 1.29 is 9.59 Å². The molecule has 21 heavy (non-hydrogen) atoms. The molecule has 0 atom stereocenters. The molecule has 2 aromatic rings. The van der Waals surface area contributed by atoms with Gasteiger partial charge in [0.25, 0.3) is 0 Å². The molecule has 1 heterocycles. The van der Waals surface area contributed by atoms with E-state index in [0.29, 0.717) is 10.8 Å². The molecule has 0 aliphatic rings. The Kier molecular flexibility index (Phi) is 4.70. The van der Waals surface area contributed by atoms with E-state index in [2.05, 4.69) is 15.6 Å². The summed E-state index contributed by atoms with van der Waals surface area (Å²) in [6.07, 6.45) is 0.184. The molecule has 1 aromatic heterocycles. The van der Waals surface area contributed by atoms with Crippen molar-refractivity contribution in [3.63, 3.8) is 0 Å². The van der Waals surface area contributed by atoms with Gasteiger partial charge in [-0.2, -0.15) is 0 Å². The molecule has 0 fully saturated rings. The monoisotopic (exact) mass is 303 g/mol. The Morgan fingerprint density at radius 2 is 2.00 bits per heavy atom. The molecule has 0 radical (unpaired) electrons. The van der Waals surface area contributed by atoms with Crippen LogP contribution >= 0.6 is 11.3 Å². The number of benzene rings is 1. The van der Waals surface area contributed by atoms with Gasteiger partial charge in [-0.3, -0.25) is 9.59 Å². The van der Waals surface area contributed by atoms with Crippen LogP contribution in [-0.4, -0.2) is 16.8 Å². The molecule has 0 aliphatic heterocycles. The van der Waals surface area contributed by atoms with Crippen molar-refractivity contribution >= 4 is 34.0 Å². The van der Waals surface area contributed by atoms with Gasteiger partial charge < -0.3 is 10.6 Å². The molecule has 0 aliphatic carbocycles. The second kappa shape index (κ2) is 6.49. The number of anilines is 2. The zero-order valence-corrected chi connectivity index (χ0v) is 13.0. The number of nitrogens with zero attached hydrogens (tertiary/aromatic N) is 1. The van der Waals surface area contributed by atoms with E-state index in [-0.39, 0.29) is 18.2 Å². The maximum atomic E-state index is 12.0. The average Bonchev–Trinajstić information content (AvgIpc) is 2.81. The first-order valence-electron chi connectivity index (χ1n) is 6.54. The van der Waals surface area contributed by atoms with Crippen LogP contribution in [0.3, 0.4) is 0 Å². The minimum atomic E-state index is -0.171. The number of hydrogen-bond acceptors (Lipinski definition) is 4. The molecule has 1 aromatic carbocycles. The summed E-state index contributed by atoms with van der Waals surface area (Å²) in [4.78, 5) is 27.2. The molecule has 5 nitrogen and oxygen atoms in total. The van der Waals surface area contributed by atoms with Gasteiger partial charge in [0.05, 0.1) is 12.1 Å². The Morgan fingerprint density at radius 1 is 1.24 bits per heavy atom. The summed E-state index contributed by atoms with van der Waals surface area (Å²) in [6.45, 7) is 5.40. The third-order valence-corrected chi connectivity index (χ3v) is 3.86. The second-order valence-electron chi connectivity index (χ2n) is 4.80. The fourth-order valence-corrected chi connectivity index (χ4v) is 2.60. The summed E-state index contributed by atoms with van der Waals surface area (Å²) < 4.78 is 0. The second-order valence-corrected chi connectivity index (χ2v) is 5.66. The first kappa shape index (κ1) is 15.2. The topological polar surface area (TPSA) is 71.1 Å². The number of nitrogens with one attached hydrogen (secondary N) is 2. The summed E-state index contributed by atoms with van der Waals surface area (Å²) in [5.41, 5.74) is 3.65. The number of rotatable bonds is 4. The van der Waals surface area contributed by atoms with Crippen LogP contribution in [0.4, 0.5) is 10.8 Å². The highest BCUT2D eigenvalue weighted by Crippen LogP contribution is 2.19. The average molecular weight is 303 g/mol. The number of carbonyl (C=O) groups is 2. The van der Waals surface area contributed by atoms with Gasteiger partial charge in [0.1, 0.15) is 0 Å². The van der Waals surface area contributed by atoms with Gasteiger partial charge in [-0.05, 0) is 31.0 Å². The van der Waals surface area contributed by atoms with E-state index in [1.54, 1.807) is 5.38 Å². The highest BCUT2D eigenvalue weighted by atomic mass is 32.1. The first-order chi connectivity index (χ1) is 9.95. The van der Waals surface area contributed by atoms with E-state index in [9.17, 15) is 9.59 Å². The molecule has 6 heteroatoms. The van der Waals surface area contributed by atoms with Crippen molar-refractivity contribution in [1.29, 1.82) is 0 Å². The van der Waals surface area contributed by atoms with Gasteiger partial charge in [0.2, 0.25) is 11.8 Å². The van der Waals surface area contributed by atoms with Gasteiger partial charge in [-0.1, -0.05) is 12.1 Å². The lowest BCUT2D eigenvalue weighted by atomic mass is 10.1. The van der Waals surface area contributed by atoms with E-state index in [4.69, 9.17) is 0 Å². The van der Waals surface area contributed by atoms with Crippen LogP contribution in [0.5, 0.6) is 0 Å². The number of amides is 2. The van der Waals surface area contributed by atoms with Crippen molar-refractivity contribution in [3.05, 3.63) is 40.4 Å². The lowest BCUT2D eigenvalue weighted by Gasteiger charge is -2.09. The number of aryl methyl sites for hydroxylation is 1. The Morgan fingerprint density at radius 3 is 2.71 bits per heavy atom. The highest BCUT2D eigenvalue weighted by Gasteiger charge is 2.10. The van der Waals surface area contributed by atoms with Crippen LogP contribution in [0.1, 0.15) is 23.7 Å². The summed E-state index contributed by atoms with van der Waals surface area (Å²) in [5, 5.41) is 7.77. The van der Waals surface area contributed by atoms with E-state index in [1.165, 1.54) is 18.3 Å². The molecule has 110 valence electrons. The van der Waals surface area contributed by atoms with E-state index >= 15 is 0 Å². The summed E-state index contributed by atoms with van der Waals surface area (Å²) in [6, 6.07) is 5.80. The minimum absolute atomic E-state index is 0.122. The number of carbonyl (C=O) groups excluding carboxylic acids is 2. The Balaban J connectivity index is 2.00. The van der Waals surface area contributed by atoms with E-state index in [0.717, 1.165) is 16.8 Å². The largest absolute Gasteiger partial charge is 0.325 e. The fraction of sp³-hybridized carbons (Fsp3) is 0.267. The van der Waals surface area contributed by atoms with Crippen molar-refractivity contribution in [3.8, 4) is 0 Å². The minimum Gasteiger partial charge on any atom is -0.325 e. The highest BCUT2D eigenvalue weighted by molar-refractivity contribution is 7.13. The third-order valence-electron chi connectivity index (χ3n) is 3.06. The van der Waals surface area contributed by atoms with Crippen LogP contribution in [0.15, 0.2) is 23.6 Å². The quantitative estimate of drug-likeness (QED) is 0.912. The Bertz CT molecular complexity index is 679. The third kappa shape index (κ3) is 4.13. The first-order valence-corrected chi connectivity index (χ1v) is 7.41. The molecule has 2 N–H and O–H groups in total. The fourth-order valence-electron chi connectivity index (χ4n) is 1.84. The van der Waals surface area contributed by atoms with Crippen molar-refractivity contribution in [2.24, 2.45) is 0 Å². The number of hydrogen-bond donors (Lipinski definition) is 2. The number of thiazole rings is 1. The predicted octanol–water partition coefficient (Wildman–Crippen LogP) is 2.90. The normalized spacial score (nSPS) is 10.2. The van der Waals surface area contributed by atoms with Gasteiger partial charge in [-0.15, -0.1) is 11.3 Å². The summed E-state index contributed by atoms with van der Waals surface area (Å²) in [7, 11) is 0. The lowest BCUT2D eigenvalue weighted by Crippen LogP contribution is -2.15. The molecular formula is C15H17N3O2S. The Labute approximate surface area is 127 Å². The van der Waals surface area contributed by atoms with Gasteiger partial charge in [0.15, 0.2) is 5.13 Å². The summed E-state index contributed by atoms with van der Waals surface area (Å²) >= 11 is 1.31. The van der Waals surface area contributed by atoms with E-state index in [1.807, 2.05) is 32.0 Å². The maximum Gasteiger partial charge on any atom is 0.230 e. The molecule has 0 bridgehead atoms. The maximum absolute atomic E-state index is 12.0. The molecule has 2 amide bonds. The smallest absolute Gasteiger partial charge is 0.230 e. The SMILES string of the molecule is CC(=O)Nc1nc(CC(=O)Nc2cccc(C)c2C)cs1. The zero-order chi connectivity index (χ0) is 15.4. The van der Waals surface area contributed by atoms with Crippen LogP contribution in [0, 0.1) is 13.8 Å². The molecule has 0 unspecified atom stereocenters. The van der Waals surface area contributed by atoms with Gasteiger partial charge >= 0.3 is 0 Å². The van der Waals surface area contributed by atoms with Gasteiger partial charge in [0, 0.05) is 18.0 Å². The summed E-state index contributed by atoms with van der Waals surface area (Å²) in [5.74, 6) is -0.292. The van der Waals surface area contributed by atoms with Crippen LogP contribution in [0.2, 0.25) is 0 Å². The molecule has 0 saturated carbocycles. The molecule has 2 rings (SSSR count). The standard InChI is InChI=1S/C15H17N3O2S/c1-9-5-4-6-13(10(9)2)18-14(20)7-12-8-21-15(17-12)16-11(3)19/h4-6,8H,7H2,1-3H3,(H,18,20)(H,16,17,19). The predicted molar refractivity (Wildman–Crippen MR) is 84.7 cm³/mol. The van der Waals surface area contributed by atoms with Crippen LogP contribution in [-0.2, 0) is 16.0 Å². The van der Waals surface area contributed by atoms with Crippen LogP contribution < -0.4 is 10.6 Å². The van der Waals surface area contributed by atoms with Crippen molar-refractivity contribution in [1.82, 2.24) is 4.98 Å². The molecular weight excluding hydrogens is 286 g/mol. The zero-order valence-electron chi connectivity index (χ0n) is 12.2. The molecule has 0 saturated heterocycles. The number of aromatic nitrogens is 1. The van der Waals surface area contributed by atoms with Gasteiger partial charge in [-0.25, -0.2) is 4.98 Å². The van der Waals surface area contributed by atoms with Crippen LogP contribution in [0.25, 0.3) is 0 Å². The van der Waals surface area contributed by atoms with E-state index < -0.39 is 0 Å². The lowest BCUT2D eigenvalue weighted by molar-refractivity contribution is -0.116.